The Bertz CT molecular complexity index is 95.6. The van der Waals surface area contributed by atoms with E-state index in [9.17, 15) is 0 Å². The second-order valence-corrected chi connectivity index (χ2v) is 9.96. The summed E-state index contributed by atoms with van der Waals surface area (Å²) in [6.07, 6.45) is 0. The molecule has 0 aliphatic rings. The second-order valence-electron chi connectivity index (χ2n) is 2.88. The molecule has 0 aromatic heterocycles. The van der Waals surface area contributed by atoms with E-state index in [2.05, 4.69) is 61.3 Å². The van der Waals surface area contributed by atoms with Crippen molar-refractivity contribution in [1.82, 2.24) is 9.80 Å². The van der Waals surface area contributed by atoms with Gasteiger partial charge in [-0.15, -0.1) is 0 Å². The van der Waals surface area contributed by atoms with Crippen LogP contribution in [0.4, 0.5) is 0 Å². The Morgan fingerprint density at radius 1 is 0.800 bits per heavy atom. The summed E-state index contributed by atoms with van der Waals surface area (Å²) in [6.45, 7) is 2.29. The van der Waals surface area contributed by atoms with Crippen molar-refractivity contribution in [3.05, 3.63) is 0 Å². The molecule has 0 saturated carbocycles. The zero-order valence-corrected chi connectivity index (χ0v) is 17.3. The van der Waals surface area contributed by atoms with Crippen LogP contribution >= 0.6 is 39.3 Å². The van der Waals surface area contributed by atoms with Gasteiger partial charge >= 0.3 is 0 Å². The van der Waals surface area contributed by atoms with Crippen LogP contribution in [-0.2, 0) is 42.8 Å². The Labute approximate surface area is 132 Å². The van der Waals surface area contributed by atoms with Crippen molar-refractivity contribution in [3.63, 3.8) is 0 Å². The van der Waals surface area contributed by atoms with E-state index >= 15 is 0 Å². The van der Waals surface area contributed by atoms with Gasteiger partial charge in [-0.1, -0.05) is 0 Å². The molecule has 0 aliphatic heterocycles. The molecule has 0 heterocycles. The average molecular weight is 374 g/mol. The first-order valence-electron chi connectivity index (χ1n) is 3.75. The fraction of sp³-hybridized carbons (Fsp3) is 1.00. The fourth-order valence-corrected chi connectivity index (χ4v) is 5.91. The molecule has 0 radical (unpaired) electrons. The smallest absolute Gasteiger partial charge is 0.0103 e. The molecule has 2 nitrogen and oxygen atoms in total. The molecule has 0 fully saturated rings. The minimum Gasteiger partial charge on any atom is -0.706 e. The number of hydrogen-bond donors (Lipinski definition) is 0. The molecule has 15 heavy (non-hydrogen) atoms. The molecule has 0 N–H and O–H groups in total. The molecular weight excluding hydrogens is 358 g/mol. The van der Waals surface area contributed by atoms with Gasteiger partial charge in [-0.25, -0.2) is 0 Å². The zero-order valence-electron chi connectivity index (χ0n) is 9.47. The molecule has 0 aliphatic carbocycles. The second kappa shape index (κ2) is 19.0. The van der Waals surface area contributed by atoms with E-state index in [1.165, 1.54) is 39.3 Å². The molecule has 0 unspecified atom stereocenters. The molecule has 0 rings (SSSR count). The molecule has 0 amide bonds. The summed E-state index contributed by atoms with van der Waals surface area (Å²) in [5.41, 5.74) is 0. The Kier molecular flexibility index (Phi) is 28.9. The van der Waals surface area contributed by atoms with Crippen molar-refractivity contribution in [2.45, 2.75) is 0 Å². The summed E-state index contributed by atoms with van der Waals surface area (Å²) in [6, 6.07) is 0. The minimum absolute atomic E-state index is 0. The van der Waals surface area contributed by atoms with Crippen LogP contribution in [0.15, 0.2) is 0 Å². The van der Waals surface area contributed by atoms with Crippen LogP contribution < -0.4 is 0 Å². The Hall–Kier alpha value is 2.64. The maximum Gasteiger partial charge on any atom is 0.0103 e. The molecule has 0 bridgehead atoms. The monoisotopic (exact) mass is 372 g/mol. The standard InChI is InChI=1S/C6H16N2.H2S6.Zn/c1-7(2)5-6-8(3)4;1-3-5-6-4-2;/h5-6H2,1-4H3;1-2H;/p-2. The van der Waals surface area contributed by atoms with E-state index < -0.39 is 0 Å². The maximum absolute atomic E-state index is 4.52. The van der Waals surface area contributed by atoms with Crippen LogP contribution in [0.2, 0.25) is 0 Å². The number of likely N-dealkylation sites (N-methyl/N-ethyl adjacent to an activating group) is 2. The van der Waals surface area contributed by atoms with Gasteiger partial charge in [0.1, 0.15) is 0 Å². The van der Waals surface area contributed by atoms with Crippen LogP contribution in [0.3, 0.4) is 0 Å². The number of nitrogens with zero attached hydrogens (tertiary/aromatic N) is 2. The van der Waals surface area contributed by atoms with Crippen LogP contribution in [0, 0.1) is 0 Å². The van der Waals surface area contributed by atoms with Gasteiger partial charge in [0.2, 0.25) is 0 Å². The van der Waals surface area contributed by atoms with E-state index in [0.29, 0.717) is 0 Å². The summed E-state index contributed by atoms with van der Waals surface area (Å²) in [4.78, 5) is 4.36. The summed E-state index contributed by atoms with van der Waals surface area (Å²) in [5.74, 6) is 0. The minimum atomic E-state index is 0. The third-order valence-electron chi connectivity index (χ3n) is 1.08. The summed E-state index contributed by atoms with van der Waals surface area (Å²) in [5, 5.41) is 0. The van der Waals surface area contributed by atoms with Crippen molar-refractivity contribution in [1.29, 1.82) is 0 Å². The summed E-state index contributed by atoms with van der Waals surface area (Å²) < 4.78 is 0. The number of hydrogen-bond acceptors (Lipinski definition) is 8. The molecule has 0 atom stereocenters. The topological polar surface area (TPSA) is 6.48 Å². The van der Waals surface area contributed by atoms with Crippen molar-refractivity contribution in [2.75, 3.05) is 41.3 Å². The third-order valence-corrected chi connectivity index (χ3v) is 7.74. The van der Waals surface area contributed by atoms with Gasteiger partial charge in [0.15, 0.2) is 0 Å². The normalized spacial score (nSPS) is 9.60. The van der Waals surface area contributed by atoms with Gasteiger partial charge in [-0.05, 0) is 47.8 Å². The van der Waals surface area contributed by atoms with E-state index in [4.69, 9.17) is 0 Å². The quantitative estimate of drug-likeness (QED) is 0.299. The predicted octanol–water partition coefficient (Wildman–Crippen LogP) is 2.70. The zero-order chi connectivity index (χ0) is 11.4. The molecule has 0 spiro atoms. The van der Waals surface area contributed by atoms with Crippen LogP contribution in [0.5, 0.6) is 0 Å². The van der Waals surface area contributed by atoms with E-state index in [1.807, 2.05) is 0 Å². The molecule has 0 saturated heterocycles. The molecule has 9 heteroatoms. The molecule has 0 aromatic rings. The fourth-order valence-electron chi connectivity index (χ4n) is 0.423. The SMILES string of the molecule is CN(C)CCN(C)C.[S-]SSSS[S-].[Zn]. The molecular formula is C6H16N2S6Zn-2. The van der Waals surface area contributed by atoms with E-state index in [1.54, 1.807) is 0 Å². The van der Waals surface area contributed by atoms with Gasteiger partial charge in [0, 0.05) is 32.6 Å². The van der Waals surface area contributed by atoms with Crippen molar-refractivity contribution >= 4 is 62.6 Å². The van der Waals surface area contributed by atoms with Crippen molar-refractivity contribution in [2.24, 2.45) is 0 Å². The van der Waals surface area contributed by atoms with Crippen LogP contribution in [-0.4, -0.2) is 51.1 Å². The average Bonchev–Trinajstić information content (AvgIpc) is 2.12. The largest absolute Gasteiger partial charge is 0.706 e. The van der Waals surface area contributed by atoms with Gasteiger partial charge in [0.25, 0.3) is 0 Å². The first-order chi connectivity index (χ1) is 6.54. The Morgan fingerprint density at radius 2 is 1.07 bits per heavy atom. The van der Waals surface area contributed by atoms with Crippen molar-refractivity contribution in [3.8, 4) is 0 Å². The molecule has 0 aromatic carbocycles. The molecule has 90 valence electrons. The van der Waals surface area contributed by atoms with Gasteiger partial charge < -0.3 is 33.1 Å². The Morgan fingerprint density at radius 3 is 1.20 bits per heavy atom. The first-order valence-corrected chi connectivity index (χ1v) is 10.4. The third kappa shape index (κ3) is 31.5. The van der Waals surface area contributed by atoms with Gasteiger partial charge in [-0.2, -0.15) is 0 Å². The van der Waals surface area contributed by atoms with Crippen LogP contribution in [0.1, 0.15) is 0 Å². The van der Waals surface area contributed by atoms with E-state index in [-0.39, 0.29) is 19.5 Å². The number of rotatable bonds is 6. The predicted molar refractivity (Wildman–Crippen MR) is 82.2 cm³/mol. The van der Waals surface area contributed by atoms with Gasteiger partial charge in [0.05, 0.1) is 0 Å². The first kappa shape index (κ1) is 22.8. The van der Waals surface area contributed by atoms with Gasteiger partial charge in [-0.3, -0.25) is 19.7 Å². The van der Waals surface area contributed by atoms with E-state index in [0.717, 1.165) is 13.1 Å². The Balaban J connectivity index is -0.000000187. The summed E-state index contributed by atoms with van der Waals surface area (Å²) in [7, 11) is 14.0. The van der Waals surface area contributed by atoms with Crippen molar-refractivity contribution < 1.29 is 19.5 Å². The summed E-state index contributed by atoms with van der Waals surface area (Å²) >= 11 is 9.03. The maximum atomic E-state index is 4.52. The van der Waals surface area contributed by atoms with Crippen LogP contribution in [0.25, 0.3) is 0 Å².